The Kier molecular flexibility index (Phi) is 8.23. The van der Waals surface area contributed by atoms with Crippen LogP contribution in [0.4, 0.5) is 0 Å². The van der Waals surface area contributed by atoms with Crippen molar-refractivity contribution >= 4 is 87.2 Å². The third-order valence-corrected chi connectivity index (χ3v) is 14.2. The van der Waals surface area contributed by atoms with Gasteiger partial charge in [0.15, 0.2) is 5.82 Å². The van der Waals surface area contributed by atoms with Crippen molar-refractivity contribution in [3.63, 3.8) is 0 Å². The molecule has 0 aliphatic carbocycles. The van der Waals surface area contributed by atoms with Crippen LogP contribution in [0.15, 0.2) is 237 Å². The van der Waals surface area contributed by atoms with Gasteiger partial charge in [-0.05, 0) is 71.8 Å². The molecule has 0 saturated carbocycles. The highest BCUT2D eigenvalue weighted by atomic mass is 15.3. The van der Waals surface area contributed by atoms with Crippen LogP contribution in [0.25, 0.3) is 133 Å². The first-order valence-electron chi connectivity index (χ1n) is 23.7. The van der Waals surface area contributed by atoms with Crippen LogP contribution in [0.1, 0.15) is 0 Å². The molecule has 0 radical (unpaired) electrons. The monoisotopic (exact) mass is 893 g/mol. The van der Waals surface area contributed by atoms with Crippen molar-refractivity contribution in [2.24, 2.45) is 0 Å². The Labute approximate surface area is 401 Å². The van der Waals surface area contributed by atoms with Crippen molar-refractivity contribution < 1.29 is 0 Å². The third-order valence-electron chi connectivity index (χ3n) is 14.2. The van der Waals surface area contributed by atoms with Crippen molar-refractivity contribution in [3.8, 4) is 45.8 Å². The fourth-order valence-corrected chi connectivity index (χ4v) is 11.3. The maximum Gasteiger partial charge on any atom is 0.240 e. The highest BCUT2D eigenvalue weighted by molar-refractivity contribution is 6.29. The largest absolute Gasteiger partial charge is 0.309 e. The van der Waals surface area contributed by atoms with Gasteiger partial charge in [0, 0.05) is 60.0 Å². The number of para-hydroxylation sites is 6. The zero-order chi connectivity index (χ0) is 45.9. The highest BCUT2D eigenvalue weighted by Crippen LogP contribution is 2.44. The molecule has 7 heteroatoms. The van der Waals surface area contributed by atoms with E-state index in [1.807, 2.05) is 0 Å². The summed E-state index contributed by atoms with van der Waals surface area (Å²) in [6, 6.07) is 84.2. The van der Waals surface area contributed by atoms with E-state index in [4.69, 9.17) is 15.0 Å². The van der Waals surface area contributed by atoms with Crippen LogP contribution in [0.2, 0.25) is 0 Å². The molecule has 0 saturated heterocycles. The van der Waals surface area contributed by atoms with Gasteiger partial charge in [0.05, 0.1) is 44.1 Å². The lowest BCUT2D eigenvalue weighted by Crippen LogP contribution is -2.10. The molecule has 70 heavy (non-hydrogen) atoms. The lowest BCUT2D eigenvalue weighted by atomic mass is 10.0. The number of aromatic nitrogens is 7. The van der Waals surface area contributed by atoms with Crippen molar-refractivity contribution in [2.45, 2.75) is 0 Å². The molecule has 15 aromatic rings. The minimum absolute atomic E-state index is 0.531. The van der Waals surface area contributed by atoms with Crippen molar-refractivity contribution in [2.75, 3.05) is 0 Å². The van der Waals surface area contributed by atoms with Crippen LogP contribution in [-0.2, 0) is 0 Å². The number of nitrogens with zero attached hydrogens (tertiary/aromatic N) is 7. The molecule has 0 unspecified atom stereocenters. The van der Waals surface area contributed by atoms with Gasteiger partial charge in [-0.15, -0.1) is 0 Å². The molecule has 5 heterocycles. The van der Waals surface area contributed by atoms with E-state index in [1.54, 1.807) is 0 Å². The Balaban J connectivity index is 1.07. The van der Waals surface area contributed by atoms with E-state index >= 15 is 0 Å². The van der Waals surface area contributed by atoms with Gasteiger partial charge in [-0.1, -0.05) is 176 Å². The predicted molar refractivity (Wildman–Crippen MR) is 288 cm³/mol. The molecule has 0 amide bonds. The Bertz CT molecular complexity index is 4560. The Hall–Kier alpha value is -9.59. The van der Waals surface area contributed by atoms with Crippen molar-refractivity contribution in [3.05, 3.63) is 237 Å². The van der Waals surface area contributed by atoms with Crippen LogP contribution >= 0.6 is 0 Å². The first-order chi connectivity index (χ1) is 34.8. The van der Waals surface area contributed by atoms with Gasteiger partial charge in [0.1, 0.15) is 0 Å². The molecule has 0 bridgehead atoms. The molecule has 0 atom stereocenters. The van der Waals surface area contributed by atoms with E-state index in [1.165, 1.54) is 16.2 Å². The molecule has 7 nitrogen and oxygen atoms in total. The highest BCUT2D eigenvalue weighted by Gasteiger charge is 2.26. The zero-order valence-corrected chi connectivity index (χ0v) is 37.6. The number of hydrogen-bond acceptors (Lipinski definition) is 3. The van der Waals surface area contributed by atoms with Gasteiger partial charge in [-0.3, -0.25) is 9.13 Å². The van der Waals surface area contributed by atoms with Crippen molar-refractivity contribution in [1.29, 1.82) is 0 Å². The summed E-state index contributed by atoms with van der Waals surface area (Å²) in [6.07, 6.45) is 0. The molecular weight excluding hydrogens is 855 g/mol. The predicted octanol–water partition coefficient (Wildman–Crippen LogP) is 15.6. The molecule has 0 N–H and O–H groups in total. The van der Waals surface area contributed by atoms with Crippen LogP contribution in [0.5, 0.6) is 0 Å². The van der Waals surface area contributed by atoms with Crippen LogP contribution in [-0.4, -0.2) is 33.2 Å². The molecule has 10 aromatic carbocycles. The molecule has 5 aromatic heterocycles. The lowest BCUT2D eigenvalue weighted by molar-refractivity contribution is 0.893. The SMILES string of the molecule is c1ccc(-c2ccc(-c3nc(-n4c5ccccc5c5c6c7ccccc7n(-c7ccccc7)c6ccc54)nc(-n4c5ccccc5c5ccc6c7ccccc7n(-c7ccccc7)c6c54)n3)cc2)cc1. The maximum atomic E-state index is 5.66. The molecule has 0 spiro atoms. The minimum atomic E-state index is 0.531. The average Bonchev–Trinajstić information content (AvgIpc) is 4.17. The normalized spacial score (nSPS) is 12.0. The maximum absolute atomic E-state index is 5.66. The smallest absolute Gasteiger partial charge is 0.240 e. The van der Waals surface area contributed by atoms with Gasteiger partial charge >= 0.3 is 0 Å². The summed E-state index contributed by atoms with van der Waals surface area (Å²) in [5.74, 6) is 1.64. The van der Waals surface area contributed by atoms with Gasteiger partial charge in [-0.25, -0.2) is 0 Å². The number of benzene rings is 10. The van der Waals surface area contributed by atoms with E-state index in [-0.39, 0.29) is 0 Å². The van der Waals surface area contributed by atoms with Crippen LogP contribution < -0.4 is 0 Å². The second-order valence-corrected chi connectivity index (χ2v) is 18.0. The Morgan fingerprint density at radius 2 is 0.614 bits per heavy atom. The van der Waals surface area contributed by atoms with E-state index in [2.05, 4.69) is 255 Å². The van der Waals surface area contributed by atoms with E-state index < -0.39 is 0 Å². The summed E-state index contributed by atoms with van der Waals surface area (Å²) < 4.78 is 9.30. The molecule has 0 fully saturated rings. The Morgan fingerprint density at radius 1 is 0.229 bits per heavy atom. The summed E-state index contributed by atoms with van der Waals surface area (Å²) >= 11 is 0. The van der Waals surface area contributed by atoms with E-state index in [0.717, 1.165) is 99.1 Å². The molecule has 0 aliphatic heterocycles. The van der Waals surface area contributed by atoms with Gasteiger partial charge < -0.3 is 9.13 Å². The summed E-state index contributed by atoms with van der Waals surface area (Å²) in [5.41, 5.74) is 13.9. The van der Waals surface area contributed by atoms with Crippen molar-refractivity contribution in [1.82, 2.24) is 33.2 Å². The zero-order valence-electron chi connectivity index (χ0n) is 37.6. The fourth-order valence-electron chi connectivity index (χ4n) is 11.3. The number of rotatable bonds is 6. The standard InChI is InChI=1S/C63H39N7/c1-4-18-40(19-5-1)41-32-34-42(35-33-41)61-64-62(69-54-31-17-13-27-50(54)58-56(69)39-38-55-57(58)49-26-12-16-30-53(49)67(55)43-20-6-2-7-21-43)66-63(65-61)70-52-29-15-11-25-46(52)48-37-36-47-45-24-10-14-28-51(45)68(59(47)60(48)70)44-22-8-3-9-23-44/h1-39H. The average molecular weight is 894 g/mol. The van der Waals surface area contributed by atoms with Gasteiger partial charge in [-0.2, -0.15) is 15.0 Å². The second kappa shape index (κ2) is 15.0. The number of fused-ring (bicyclic) bond motifs is 14. The topological polar surface area (TPSA) is 58.4 Å². The summed E-state index contributed by atoms with van der Waals surface area (Å²) in [4.78, 5) is 16.7. The summed E-state index contributed by atoms with van der Waals surface area (Å²) in [7, 11) is 0. The first kappa shape index (κ1) is 38.5. The van der Waals surface area contributed by atoms with Gasteiger partial charge in [0.2, 0.25) is 11.9 Å². The fraction of sp³-hybridized carbons (Fsp3) is 0. The lowest BCUT2D eigenvalue weighted by Gasteiger charge is -2.14. The first-order valence-corrected chi connectivity index (χ1v) is 23.7. The molecule has 15 rings (SSSR count). The Morgan fingerprint density at radius 3 is 1.19 bits per heavy atom. The minimum Gasteiger partial charge on any atom is -0.309 e. The number of hydrogen-bond donors (Lipinski definition) is 0. The van der Waals surface area contributed by atoms with Crippen LogP contribution in [0, 0.1) is 0 Å². The van der Waals surface area contributed by atoms with E-state index in [9.17, 15) is 0 Å². The molecule has 0 aliphatic rings. The molecular formula is C63H39N7. The van der Waals surface area contributed by atoms with E-state index in [0.29, 0.717) is 17.7 Å². The molecule has 326 valence electrons. The van der Waals surface area contributed by atoms with Gasteiger partial charge in [0.25, 0.3) is 0 Å². The summed E-state index contributed by atoms with van der Waals surface area (Å²) in [5, 5.41) is 9.23. The van der Waals surface area contributed by atoms with Crippen LogP contribution in [0.3, 0.4) is 0 Å². The third kappa shape index (κ3) is 5.54. The quantitative estimate of drug-likeness (QED) is 0.167. The second-order valence-electron chi connectivity index (χ2n) is 18.0. The summed E-state index contributed by atoms with van der Waals surface area (Å²) in [6.45, 7) is 0.